The highest BCUT2D eigenvalue weighted by molar-refractivity contribution is 8.15. The lowest BCUT2D eigenvalue weighted by Gasteiger charge is -2.15. The van der Waals surface area contributed by atoms with Crippen LogP contribution in [0.25, 0.3) is 0 Å². The molecule has 1 aliphatic carbocycles. The van der Waals surface area contributed by atoms with E-state index >= 15 is 0 Å². The average molecular weight is 408 g/mol. The summed E-state index contributed by atoms with van der Waals surface area (Å²) in [6.45, 7) is 6.02. The number of nitrogens with one attached hydrogen (secondary N) is 1. The molecule has 1 saturated carbocycles. The molecule has 1 atom stereocenters. The summed E-state index contributed by atoms with van der Waals surface area (Å²) in [5, 5.41) is 3.24. The van der Waals surface area contributed by atoms with Gasteiger partial charge in [0.15, 0.2) is 5.17 Å². The second kappa shape index (κ2) is 8.03. The van der Waals surface area contributed by atoms with Crippen molar-refractivity contribution in [2.24, 2.45) is 4.99 Å². The molecule has 5 nitrogen and oxygen atoms in total. The monoisotopic (exact) mass is 407 g/mol. The lowest BCUT2D eigenvalue weighted by atomic mass is 10.1. The second-order valence-corrected chi connectivity index (χ2v) is 9.02. The van der Waals surface area contributed by atoms with Crippen molar-refractivity contribution >= 4 is 40.1 Å². The fraction of sp³-hybridized carbons (Fsp3) is 0.348. The van der Waals surface area contributed by atoms with Crippen LogP contribution in [-0.2, 0) is 9.59 Å². The number of aryl methyl sites for hydroxylation is 3. The van der Waals surface area contributed by atoms with E-state index in [0.717, 1.165) is 40.9 Å². The zero-order valence-corrected chi connectivity index (χ0v) is 17.8. The van der Waals surface area contributed by atoms with Crippen LogP contribution in [0, 0.1) is 20.8 Å². The molecule has 2 aliphatic rings. The summed E-state index contributed by atoms with van der Waals surface area (Å²) in [6.07, 6.45) is 2.15. The average Bonchev–Trinajstić information content (AvgIpc) is 3.44. The van der Waals surface area contributed by atoms with Crippen LogP contribution < -0.4 is 5.32 Å². The van der Waals surface area contributed by atoms with E-state index in [4.69, 9.17) is 4.99 Å². The molecule has 2 amide bonds. The van der Waals surface area contributed by atoms with Gasteiger partial charge in [-0.15, -0.1) is 0 Å². The summed E-state index contributed by atoms with van der Waals surface area (Å²) in [5.41, 5.74) is 4.93. The molecule has 2 aromatic carbocycles. The maximum Gasteiger partial charge on any atom is 0.242 e. The lowest BCUT2D eigenvalue weighted by Crippen LogP contribution is -2.35. The Labute approximate surface area is 175 Å². The molecule has 2 fully saturated rings. The van der Waals surface area contributed by atoms with Crippen LogP contribution in [0.2, 0.25) is 0 Å². The SMILES string of the molecule is Cc1cccc(N=C2S[C@@H](CC(=O)Nc3ccc(C)cc3C)C(=O)N2C2CC2)c1. The van der Waals surface area contributed by atoms with E-state index in [9.17, 15) is 9.59 Å². The highest BCUT2D eigenvalue weighted by Crippen LogP contribution is 2.39. The number of benzene rings is 2. The molecule has 2 aromatic rings. The molecule has 0 spiro atoms. The van der Waals surface area contributed by atoms with Crippen LogP contribution >= 0.6 is 11.8 Å². The Morgan fingerprint density at radius 2 is 1.90 bits per heavy atom. The molecule has 4 rings (SSSR count). The largest absolute Gasteiger partial charge is 0.326 e. The molecular formula is C23H25N3O2S. The van der Waals surface area contributed by atoms with Crippen molar-refractivity contribution in [2.75, 3.05) is 5.32 Å². The van der Waals surface area contributed by atoms with Gasteiger partial charge in [0.1, 0.15) is 5.25 Å². The van der Waals surface area contributed by atoms with Crippen molar-refractivity contribution in [3.05, 3.63) is 59.2 Å². The van der Waals surface area contributed by atoms with Gasteiger partial charge in [0, 0.05) is 18.2 Å². The first-order valence-electron chi connectivity index (χ1n) is 9.93. The van der Waals surface area contributed by atoms with Crippen LogP contribution in [-0.4, -0.2) is 33.2 Å². The van der Waals surface area contributed by atoms with Gasteiger partial charge in [-0.25, -0.2) is 4.99 Å². The Bertz CT molecular complexity index is 997. The Morgan fingerprint density at radius 3 is 2.59 bits per heavy atom. The first-order valence-corrected chi connectivity index (χ1v) is 10.8. The highest BCUT2D eigenvalue weighted by Gasteiger charge is 2.46. The van der Waals surface area contributed by atoms with Crippen molar-refractivity contribution in [3.63, 3.8) is 0 Å². The Kier molecular flexibility index (Phi) is 5.46. The predicted octanol–water partition coefficient (Wildman–Crippen LogP) is 4.73. The number of aliphatic imine (C=N–C) groups is 1. The summed E-state index contributed by atoms with van der Waals surface area (Å²) < 4.78 is 0. The van der Waals surface area contributed by atoms with Crippen LogP contribution in [0.1, 0.15) is 36.0 Å². The van der Waals surface area contributed by atoms with Crippen molar-refractivity contribution in [3.8, 4) is 0 Å². The lowest BCUT2D eigenvalue weighted by molar-refractivity contribution is -0.128. The Morgan fingerprint density at radius 1 is 1.14 bits per heavy atom. The van der Waals surface area contributed by atoms with Crippen LogP contribution in [0.3, 0.4) is 0 Å². The molecule has 1 saturated heterocycles. The van der Waals surface area contributed by atoms with Gasteiger partial charge in [0.05, 0.1) is 5.69 Å². The Hall–Kier alpha value is -2.60. The number of hydrogen-bond acceptors (Lipinski definition) is 4. The van der Waals surface area contributed by atoms with Gasteiger partial charge >= 0.3 is 0 Å². The van der Waals surface area contributed by atoms with Crippen LogP contribution in [0.15, 0.2) is 47.5 Å². The topological polar surface area (TPSA) is 61.8 Å². The first-order chi connectivity index (χ1) is 13.9. The number of carbonyl (C=O) groups excluding carboxylic acids is 2. The number of amides is 2. The smallest absolute Gasteiger partial charge is 0.242 e. The Balaban J connectivity index is 1.49. The molecule has 0 radical (unpaired) electrons. The fourth-order valence-corrected chi connectivity index (χ4v) is 4.71. The van der Waals surface area contributed by atoms with Crippen molar-refractivity contribution < 1.29 is 9.59 Å². The zero-order chi connectivity index (χ0) is 20.5. The minimum absolute atomic E-state index is 0.000295. The van der Waals surface area contributed by atoms with Crippen molar-refractivity contribution in [1.82, 2.24) is 4.90 Å². The van der Waals surface area contributed by atoms with E-state index in [2.05, 4.69) is 5.32 Å². The third kappa shape index (κ3) is 4.53. The maximum absolute atomic E-state index is 13.0. The van der Waals surface area contributed by atoms with Gasteiger partial charge in [-0.05, 0) is 62.9 Å². The van der Waals surface area contributed by atoms with Gasteiger partial charge in [0.2, 0.25) is 11.8 Å². The number of hydrogen-bond donors (Lipinski definition) is 1. The fourth-order valence-electron chi connectivity index (χ4n) is 3.49. The normalized spacial score (nSPS) is 20.4. The molecular weight excluding hydrogens is 382 g/mol. The number of thioether (sulfide) groups is 1. The minimum atomic E-state index is -0.426. The van der Waals surface area contributed by atoms with Crippen molar-refractivity contribution in [1.29, 1.82) is 0 Å². The van der Waals surface area contributed by atoms with Gasteiger partial charge in [-0.1, -0.05) is 41.6 Å². The van der Waals surface area contributed by atoms with Crippen molar-refractivity contribution in [2.45, 2.75) is 51.3 Å². The molecule has 150 valence electrons. The summed E-state index contributed by atoms with van der Waals surface area (Å²) in [7, 11) is 0. The van der Waals surface area contributed by atoms with E-state index in [1.54, 1.807) is 0 Å². The first kappa shape index (κ1) is 19.7. The predicted molar refractivity (Wildman–Crippen MR) is 119 cm³/mol. The quantitative estimate of drug-likeness (QED) is 0.779. The van der Waals surface area contributed by atoms with E-state index in [0.29, 0.717) is 5.17 Å². The van der Waals surface area contributed by atoms with E-state index in [1.165, 1.54) is 11.8 Å². The second-order valence-electron chi connectivity index (χ2n) is 7.85. The minimum Gasteiger partial charge on any atom is -0.326 e. The number of amidine groups is 1. The van der Waals surface area contributed by atoms with Gasteiger partial charge in [-0.3, -0.25) is 14.5 Å². The van der Waals surface area contributed by atoms with E-state index in [1.807, 2.05) is 68.1 Å². The maximum atomic E-state index is 13.0. The molecule has 0 unspecified atom stereocenters. The van der Waals surface area contributed by atoms with Gasteiger partial charge < -0.3 is 5.32 Å². The molecule has 1 N–H and O–H groups in total. The molecule has 0 bridgehead atoms. The highest BCUT2D eigenvalue weighted by atomic mass is 32.2. The zero-order valence-electron chi connectivity index (χ0n) is 16.9. The number of rotatable bonds is 5. The third-order valence-electron chi connectivity index (χ3n) is 5.13. The van der Waals surface area contributed by atoms with Crippen LogP contribution in [0.4, 0.5) is 11.4 Å². The molecule has 1 heterocycles. The number of nitrogens with zero attached hydrogens (tertiary/aromatic N) is 2. The standard InChI is InChI=1S/C23H25N3O2S/c1-14-5-4-6-17(12-14)24-23-26(18-8-9-18)22(28)20(29-23)13-21(27)25-19-10-7-15(2)11-16(19)3/h4-7,10-12,18,20H,8-9,13H2,1-3H3,(H,25,27)/t20-/m0/s1. The summed E-state index contributed by atoms with van der Waals surface area (Å²) >= 11 is 1.41. The van der Waals surface area contributed by atoms with Gasteiger partial charge in [-0.2, -0.15) is 0 Å². The third-order valence-corrected chi connectivity index (χ3v) is 6.28. The van der Waals surface area contributed by atoms with E-state index < -0.39 is 5.25 Å². The summed E-state index contributed by atoms with van der Waals surface area (Å²) in [6, 6.07) is 14.1. The molecule has 1 aliphatic heterocycles. The van der Waals surface area contributed by atoms with E-state index in [-0.39, 0.29) is 24.3 Å². The summed E-state index contributed by atoms with van der Waals surface area (Å²) in [4.78, 5) is 32.2. The molecule has 29 heavy (non-hydrogen) atoms. The number of carbonyl (C=O) groups is 2. The number of anilines is 1. The van der Waals surface area contributed by atoms with Gasteiger partial charge in [0.25, 0.3) is 0 Å². The summed E-state index contributed by atoms with van der Waals surface area (Å²) in [5.74, 6) is -0.143. The molecule has 6 heteroatoms. The molecule has 0 aromatic heterocycles. The van der Waals surface area contributed by atoms with Crippen LogP contribution in [0.5, 0.6) is 0 Å².